The minimum Gasteiger partial charge on any atom is -0.368 e. The summed E-state index contributed by atoms with van der Waals surface area (Å²) in [5, 5.41) is 1.81. The summed E-state index contributed by atoms with van der Waals surface area (Å²) in [5.41, 5.74) is 5.06. The van der Waals surface area contributed by atoms with Crippen molar-refractivity contribution in [1.29, 1.82) is 0 Å². The van der Waals surface area contributed by atoms with Crippen molar-refractivity contribution in [2.45, 2.75) is 6.04 Å². The Morgan fingerprint density at radius 1 is 1.32 bits per heavy atom. The van der Waals surface area contributed by atoms with E-state index in [-0.39, 0.29) is 19.0 Å². The maximum absolute atomic E-state index is 12.3. The van der Waals surface area contributed by atoms with Crippen LogP contribution in [0.25, 0.3) is 0 Å². The Labute approximate surface area is 130 Å². The molecule has 22 heavy (non-hydrogen) atoms. The van der Waals surface area contributed by atoms with Gasteiger partial charge in [0.15, 0.2) is 0 Å². The van der Waals surface area contributed by atoms with E-state index in [1.165, 1.54) is 16.2 Å². The number of thiophene rings is 1. The fraction of sp³-hybridized carbons (Fsp3) is 0.385. The molecule has 2 fully saturated rings. The molecule has 1 aromatic rings. The lowest BCUT2D eigenvalue weighted by molar-refractivity contribution is -0.132. The van der Waals surface area contributed by atoms with Gasteiger partial charge in [0, 0.05) is 13.1 Å². The van der Waals surface area contributed by atoms with Crippen molar-refractivity contribution < 1.29 is 19.2 Å². The molecule has 2 N–H and O–H groups in total. The zero-order valence-corrected chi connectivity index (χ0v) is 12.4. The van der Waals surface area contributed by atoms with E-state index >= 15 is 0 Å². The van der Waals surface area contributed by atoms with Gasteiger partial charge in [0.2, 0.25) is 5.91 Å². The Morgan fingerprint density at radius 2 is 2.09 bits per heavy atom. The molecule has 2 aliphatic rings. The molecular weight excluding hydrogens is 308 g/mol. The number of carbonyl (C=O) groups excluding carboxylic acids is 4. The van der Waals surface area contributed by atoms with Crippen LogP contribution in [0.15, 0.2) is 17.5 Å². The Morgan fingerprint density at radius 3 is 2.73 bits per heavy atom. The summed E-state index contributed by atoms with van der Waals surface area (Å²) in [7, 11) is 0. The van der Waals surface area contributed by atoms with Gasteiger partial charge in [-0.15, -0.1) is 11.3 Å². The van der Waals surface area contributed by atoms with Gasteiger partial charge in [-0.25, -0.2) is 4.79 Å². The second-order valence-electron chi connectivity index (χ2n) is 5.11. The fourth-order valence-corrected chi connectivity index (χ4v) is 3.39. The van der Waals surface area contributed by atoms with Crippen molar-refractivity contribution in [1.82, 2.24) is 14.7 Å². The molecule has 5 amide bonds. The highest BCUT2D eigenvalue weighted by molar-refractivity contribution is 7.12. The topological polar surface area (TPSA) is 104 Å². The molecule has 2 aliphatic heterocycles. The van der Waals surface area contributed by atoms with E-state index in [2.05, 4.69) is 0 Å². The van der Waals surface area contributed by atoms with Crippen LogP contribution in [0.4, 0.5) is 4.79 Å². The van der Waals surface area contributed by atoms with E-state index in [0.29, 0.717) is 11.4 Å². The summed E-state index contributed by atoms with van der Waals surface area (Å²) in [6.07, 6.45) is 0. The maximum Gasteiger partial charge on any atom is 0.328 e. The van der Waals surface area contributed by atoms with Gasteiger partial charge in [-0.1, -0.05) is 6.07 Å². The summed E-state index contributed by atoms with van der Waals surface area (Å²) in [6.45, 7) is 0.332. The van der Waals surface area contributed by atoms with Crippen molar-refractivity contribution in [3.05, 3.63) is 22.4 Å². The maximum atomic E-state index is 12.3. The molecule has 0 unspecified atom stereocenters. The number of nitrogens with zero attached hydrogens (tertiary/aromatic N) is 3. The second-order valence-corrected chi connectivity index (χ2v) is 6.06. The average molecular weight is 322 g/mol. The lowest BCUT2D eigenvalue weighted by atomic mass is 10.2. The van der Waals surface area contributed by atoms with Gasteiger partial charge in [-0.05, 0) is 11.4 Å². The third-order valence-corrected chi connectivity index (χ3v) is 4.60. The fourth-order valence-electron chi connectivity index (χ4n) is 2.69. The normalized spacial score (nSPS) is 21.3. The van der Waals surface area contributed by atoms with Gasteiger partial charge in [0.1, 0.15) is 12.6 Å². The molecule has 0 aliphatic carbocycles. The van der Waals surface area contributed by atoms with Crippen molar-refractivity contribution >= 4 is 35.1 Å². The van der Waals surface area contributed by atoms with Crippen molar-refractivity contribution in [2.75, 3.05) is 26.2 Å². The largest absolute Gasteiger partial charge is 0.368 e. The van der Waals surface area contributed by atoms with Crippen LogP contribution >= 0.6 is 11.3 Å². The van der Waals surface area contributed by atoms with Crippen LogP contribution in [0.5, 0.6) is 0 Å². The molecule has 2 saturated heterocycles. The van der Waals surface area contributed by atoms with Crippen molar-refractivity contribution in [3.63, 3.8) is 0 Å². The summed E-state index contributed by atoms with van der Waals surface area (Å²) < 4.78 is 0. The standard InChI is InChI=1S/C13H14N4O4S/c14-10(18)7-17-11(19)8-6-15(3-4-16(8)13(17)21)12(20)9-2-1-5-22-9/h1-2,5,8H,3-4,6-7H2,(H2,14,18)/t8-/m0/s1. The van der Waals surface area contributed by atoms with Crippen LogP contribution in [-0.4, -0.2) is 70.7 Å². The predicted molar refractivity (Wildman–Crippen MR) is 77.0 cm³/mol. The summed E-state index contributed by atoms with van der Waals surface area (Å²) >= 11 is 1.33. The number of imide groups is 1. The smallest absolute Gasteiger partial charge is 0.328 e. The third kappa shape index (κ3) is 2.33. The van der Waals surface area contributed by atoms with Gasteiger partial charge in [0.05, 0.1) is 11.4 Å². The zero-order valence-electron chi connectivity index (χ0n) is 11.6. The monoisotopic (exact) mass is 322 g/mol. The zero-order chi connectivity index (χ0) is 15.9. The van der Waals surface area contributed by atoms with Gasteiger partial charge < -0.3 is 15.5 Å². The molecule has 0 spiro atoms. The first kappa shape index (κ1) is 14.5. The van der Waals surface area contributed by atoms with E-state index in [0.717, 1.165) is 4.90 Å². The Balaban J connectivity index is 1.75. The van der Waals surface area contributed by atoms with Crippen molar-refractivity contribution in [2.24, 2.45) is 5.73 Å². The SMILES string of the molecule is NC(=O)CN1C(=O)[C@@H]2CN(C(=O)c3cccs3)CCN2C1=O. The second kappa shape index (κ2) is 5.41. The van der Waals surface area contributed by atoms with Crippen LogP contribution in [0.1, 0.15) is 9.67 Å². The first-order valence-electron chi connectivity index (χ1n) is 6.72. The Hall–Kier alpha value is -2.42. The molecule has 8 nitrogen and oxygen atoms in total. The van der Waals surface area contributed by atoms with Crippen LogP contribution in [-0.2, 0) is 9.59 Å². The average Bonchev–Trinajstić information content (AvgIpc) is 3.10. The van der Waals surface area contributed by atoms with Gasteiger partial charge in [-0.2, -0.15) is 0 Å². The van der Waals surface area contributed by atoms with Gasteiger partial charge in [0.25, 0.3) is 11.8 Å². The quantitative estimate of drug-likeness (QED) is 0.745. The predicted octanol–water partition coefficient (Wildman–Crippen LogP) is -0.678. The molecule has 3 heterocycles. The lowest BCUT2D eigenvalue weighted by Crippen LogP contribution is -2.54. The highest BCUT2D eigenvalue weighted by Crippen LogP contribution is 2.23. The summed E-state index contributed by atoms with van der Waals surface area (Å²) in [6, 6.07) is 2.26. The number of amides is 5. The Kier molecular flexibility index (Phi) is 3.57. The number of hydrogen-bond acceptors (Lipinski definition) is 5. The van der Waals surface area contributed by atoms with E-state index in [4.69, 9.17) is 5.73 Å². The molecule has 3 rings (SSSR count). The number of urea groups is 1. The molecule has 1 aromatic heterocycles. The minimum absolute atomic E-state index is 0.135. The molecule has 0 radical (unpaired) electrons. The van der Waals surface area contributed by atoms with Gasteiger partial charge >= 0.3 is 6.03 Å². The molecule has 0 aromatic carbocycles. The summed E-state index contributed by atoms with van der Waals surface area (Å²) in [4.78, 5) is 52.1. The molecule has 116 valence electrons. The van der Waals surface area contributed by atoms with Crippen molar-refractivity contribution in [3.8, 4) is 0 Å². The lowest BCUT2D eigenvalue weighted by Gasteiger charge is -2.35. The number of fused-ring (bicyclic) bond motifs is 1. The number of piperazine rings is 1. The van der Waals surface area contributed by atoms with E-state index in [1.807, 2.05) is 5.38 Å². The highest BCUT2D eigenvalue weighted by atomic mass is 32.1. The van der Waals surface area contributed by atoms with Crippen LogP contribution in [0, 0.1) is 0 Å². The minimum atomic E-state index is -0.743. The molecule has 1 atom stereocenters. The number of primary amides is 1. The number of nitrogens with two attached hydrogens (primary N) is 1. The van der Waals surface area contributed by atoms with E-state index < -0.39 is 30.4 Å². The van der Waals surface area contributed by atoms with E-state index in [1.54, 1.807) is 17.0 Å². The van der Waals surface area contributed by atoms with Crippen LogP contribution < -0.4 is 5.73 Å². The van der Waals surface area contributed by atoms with Crippen LogP contribution in [0.2, 0.25) is 0 Å². The molecule has 9 heteroatoms. The van der Waals surface area contributed by atoms with Gasteiger partial charge in [-0.3, -0.25) is 19.3 Å². The number of carbonyl (C=O) groups is 4. The highest BCUT2D eigenvalue weighted by Gasteiger charge is 2.48. The Bertz CT molecular complexity index is 644. The number of rotatable bonds is 3. The van der Waals surface area contributed by atoms with E-state index in [9.17, 15) is 19.2 Å². The number of hydrogen-bond donors (Lipinski definition) is 1. The molecule has 0 bridgehead atoms. The summed E-state index contributed by atoms with van der Waals surface area (Å²) in [5.74, 6) is -1.37. The third-order valence-electron chi connectivity index (χ3n) is 3.74. The van der Waals surface area contributed by atoms with Crippen LogP contribution in [0.3, 0.4) is 0 Å². The molecule has 0 saturated carbocycles. The first-order valence-corrected chi connectivity index (χ1v) is 7.60. The first-order chi connectivity index (χ1) is 10.5. The molecular formula is C13H14N4O4S.